The molecule has 0 aliphatic heterocycles. The molecule has 32 heteroatoms. The molecule has 0 heterocycles. The fourth-order valence-electron chi connectivity index (χ4n) is 3.14. The molecule has 0 aromatic rings. The van der Waals surface area contributed by atoms with Gasteiger partial charge < -0.3 is 18.8 Å². The third-order valence-corrected chi connectivity index (χ3v) is 7.58. The van der Waals surface area contributed by atoms with Crippen LogP contribution in [0.25, 0.3) is 0 Å². The van der Waals surface area contributed by atoms with Crippen LogP contribution in [0.4, 0.5) is 92.2 Å². The van der Waals surface area contributed by atoms with E-state index in [1.165, 1.54) is 0 Å². The van der Waals surface area contributed by atoms with Crippen molar-refractivity contribution in [2.24, 2.45) is 0 Å². The van der Waals surface area contributed by atoms with Crippen molar-refractivity contribution >= 4 is 28.0 Å². The maximum atomic E-state index is 13.5. The number of esters is 3. The Morgan fingerprint density at radius 1 is 0.453 bits per heavy atom. The quantitative estimate of drug-likeness (QED) is 0.0669. The molecule has 0 saturated heterocycles. The van der Waals surface area contributed by atoms with E-state index < -0.39 is 139 Å². The Labute approximate surface area is 301 Å². The van der Waals surface area contributed by atoms with Gasteiger partial charge in [-0.3, -0.25) is 14.4 Å². The molecular weight excluding hydrogens is 850 g/mol. The Bertz CT molecular complexity index is 1330. The van der Waals surface area contributed by atoms with E-state index >= 15 is 0 Å². The Balaban J connectivity index is 0. The first-order chi connectivity index (χ1) is 22.6. The zero-order chi connectivity index (χ0) is 42.0. The van der Waals surface area contributed by atoms with Crippen LogP contribution < -0.4 is 29.6 Å². The van der Waals surface area contributed by atoms with E-state index in [0.29, 0.717) is 0 Å². The van der Waals surface area contributed by atoms with Crippen molar-refractivity contribution in [1.82, 2.24) is 0 Å². The minimum atomic E-state index is -7.03. The van der Waals surface area contributed by atoms with Gasteiger partial charge in [-0.2, -0.15) is 92.2 Å². The molecule has 0 fully saturated rings. The van der Waals surface area contributed by atoms with Crippen LogP contribution in [-0.4, -0.2) is 110 Å². The maximum absolute atomic E-state index is 13.5. The van der Waals surface area contributed by atoms with Crippen molar-refractivity contribution in [2.75, 3.05) is 19.8 Å². The average Bonchev–Trinajstić information content (AvgIpc) is 2.89. The molecule has 0 bridgehead atoms. The molecule has 0 aromatic carbocycles. The van der Waals surface area contributed by atoms with E-state index in [1.807, 2.05) is 0 Å². The first-order valence-electron chi connectivity index (χ1n) is 12.5. The molecule has 9 nitrogen and oxygen atoms in total. The zero-order valence-corrected chi connectivity index (χ0v) is 28.0. The summed E-state index contributed by atoms with van der Waals surface area (Å²) in [6, 6.07) is 0. The van der Waals surface area contributed by atoms with Crippen LogP contribution >= 0.6 is 0 Å². The topological polar surface area (TPSA) is 136 Å². The molecule has 0 aromatic heterocycles. The molecule has 0 aliphatic carbocycles. The second-order valence-electron chi connectivity index (χ2n) is 9.96. The minimum Gasteiger partial charge on any atom is -0.747 e. The van der Waals surface area contributed by atoms with Gasteiger partial charge in [0.2, 0.25) is 0 Å². The second-order valence-corrected chi connectivity index (χ2v) is 11.6. The van der Waals surface area contributed by atoms with Gasteiger partial charge in [0.25, 0.3) is 0 Å². The Kier molecular flexibility index (Phi) is 16.9. The average molecular weight is 866 g/mol. The van der Waals surface area contributed by atoms with Crippen LogP contribution in [0.3, 0.4) is 0 Å². The summed E-state index contributed by atoms with van der Waals surface area (Å²) in [5.41, 5.74) is 0. The largest absolute Gasteiger partial charge is 1.00 e. The number of hydrogen-bond donors (Lipinski definition) is 0. The van der Waals surface area contributed by atoms with Crippen LogP contribution in [0, 0.1) is 0 Å². The standard InChI is InChI=1S/C21H17F21O9S.Na/c22-13(23,16(28,29)19(34,35)36)1-4-49-9(43)7-12(52(46,47)48,11(45)51-6-3-15(26,27)18(32,33)21(40,41)42)8-10(44)50-5-2-14(24,25)17(30,31)20(37,38)39;/h1-8H2,(H,46,47,48);/q;+1/p-1. The van der Waals surface area contributed by atoms with Gasteiger partial charge in [0.05, 0.1) is 51.9 Å². The van der Waals surface area contributed by atoms with E-state index in [9.17, 15) is 120 Å². The molecule has 0 spiro atoms. The predicted octanol–water partition coefficient (Wildman–Crippen LogP) is 3.35. The van der Waals surface area contributed by atoms with Crippen molar-refractivity contribution in [3.05, 3.63) is 0 Å². The van der Waals surface area contributed by atoms with Gasteiger partial charge in [0.1, 0.15) is 10.1 Å². The third-order valence-electron chi connectivity index (χ3n) is 6.16. The molecule has 0 radical (unpaired) electrons. The minimum absolute atomic E-state index is 0. The number of carbonyl (C=O) groups excluding carboxylic acids is 3. The number of carbonyl (C=O) groups is 3. The molecule has 0 rings (SSSR count). The molecule has 308 valence electrons. The number of rotatable bonds is 18. The molecule has 0 N–H and O–H groups in total. The van der Waals surface area contributed by atoms with E-state index in [4.69, 9.17) is 0 Å². The number of alkyl halides is 21. The molecule has 0 saturated carbocycles. The molecule has 0 amide bonds. The normalized spacial score (nSPS) is 14.7. The SMILES string of the molecule is O=C(CC(CC(=O)OCCC(F)(F)C(F)(F)C(F)(F)F)(C(=O)OCCC(F)(F)C(F)(F)C(F)(F)F)S(=O)(=O)[O-])OCCC(F)(F)C(F)(F)C(F)(F)F.[Na+]. The van der Waals surface area contributed by atoms with Crippen molar-refractivity contribution < 1.29 is 163 Å². The summed E-state index contributed by atoms with van der Waals surface area (Å²) in [7, 11) is -7.00. The van der Waals surface area contributed by atoms with Crippen molar-refractivity contribution in [1.29, 1.82) is 0 Å². The molecule has 0 aliphatic rings. The summed E-state index contributed by atoms with van der Waals surface area (Å²) in [5, 5.41) is 0. The van der Waals surface area contributed by atoms with Gasteiger partial charge in [-0.1, -0.05) is 0 Å². The molecule has 0 unspecified atom stereocenters. The van der Waals surface area contributed by atoms with Crippen LogP contribution in [0.2, 0.25) is 0 Å². The monoisotopic (exact) mass is 866 g/mol. The van der Waals surface area contributed by atoms with Crippen LogP contribution in [-0.2, 0) is 38.7 Å². The van der Waals surface area contributed by atoms with Gasteiger partial charge in [-0.15, -0.1) is 0 Å². The number of halogens is 21. The van der Waals surface area contributed by atoms with E-state index in [-0.39, 0.29) is 29.6 Å². The van der Waals surface area contributed by atoms with Crippen molar-refractivity contribution in [3.8, 4) is 0 Å². The van der Waals surface area contributed by atoms with Gasteiger partial charge >= 0.3 is 102 Å². The zero-order valence-electron chi connectivity index (χ0n) is 25.2. The molecule has 0 atom stereocenters. The van der Waals surface area contributed by atoms with Gasteiger partial charge in [-0.05, 0) is 0 Å². The van der Waals surface area contributed by atoms with Gasteiger partial charge in [0.15, 0.2) is 4.75 Å². The summed E-state index contributed by atoms with van der Waals surface area (Å²) in [6.45, 7) is -7.21. The summed E-state index contributed by atoms with van der Waals surface area (Å²) in [4.78, 5) is 36.7. The number of hydrogen-bond acceptors (Lipinski definition) is 9. The predicted molar refractivity (Wildman–Crippen MR) is 116 cm³/mol. The van der Waals surface area contributed by atoms with Crippen LogP contribution in [0.15, 0.2) is 0 Å². The Hall–Kier alpha value is -2.15. The summed E-state index contributed by atoms with van der Waals surface area (Å²) in [5.74, 6) is -47.8. The summed E-state index contributed by atoms with van der Waals surface area (Å²) >= 11 is 0. The van der Waals surface area contributed by atoms with E-state index in [1.54, 1.807) is 0 Å². The number of ether oxygens (including phenoxy) is 3. The van der Waals surface area contributed by atoms with Gasteiger partial charge in [0, 0.05) is 0 Å². The van der Waals surface area contributed by atoms with E-state index in [0.717, 1.165) is 0 Å². The fourth-order valence-corrected chi connectivity index (χ4v) is 3.99. The smallest absolute Gasteiger partial charge is 0.747 e. The third kappa shape index (κ3) is 11.9. The summed E-state index contributed by atoms with van der Waals surface area (Å²) < 4.78 is 311. The first kappa shape index (κ1) is 53.0. The van der Waals surface area contributed by atoms with Crippen molar-refractivity contribution in [3.63, 3.8) is 0 Å². The first-order valence-corrected chi connectivity index (χ1v) is 13.9. The molecule has 53 heavy (non-hydrogen) atoms. The maximum Gasteiger partial charge on any atom is 1.00 e. The van der Waals surface area contributed by atoms with E-state index in [2.05, 4.69) is 14.2 Å². The van der Waals surface area contributed by atoms with Crippen LogP contribution in [0.1, 0.15) is 32.1 Å². The molecular formula is C21H16F21NaO9S. The Morgan fingerprint density at radius 2 is 0.679 bits per heavy atom. The fraction of sp³-hybridized carbons (Fsp3) is 0.857. The van der Waals surface area contributed by atoms with Crippen molar-refractivity contribution in [2.45, 2.75) is 90.9 Å². The Morgan fingerprint density at radius 3 is 0.887 bits per heavy atom. The van der Waals surface area contributed by atoms with Gasteiger partial charge in [-0.25, -0.2) is 8.42 Å². The second kappa shape index (κ2) is 16.9. The van der Waals surface area contributed by atoms with Crippen LogP contribution in [0.5, 0.6) is 0 Å². The summed E-state index contributed by atoms with van der Waals surface area (Å²) in [6.07, 6.45) is -35.1.